The van der Waals surface area contributed by atoms with Crippen molar-refractivity contribution in [3.8, 4) is 61.3 Å². The van der Waals surface area contributed by atoms with Gasteiger partial charge in [-0.1, -0.05) is 218 Å². The molecule has 12 rings (SSSR count). The average Bonchev–Trinajstić information content (AvgIpc) is 3.74. The number of para-hydroxylation sites is 1. The van der Waals surface area contributed by atoms with Crippen molar-refractivity contribution >= 4 is 49.6 Å². The van der Waals surface area contributed by atoms with E-state index in [4.69, 9.17) is 0 Å². The van der Waals surface area contributed by atoms with Crippen molar-refractivity contribution < 1.29 is 0 Å². The summed E-state index contributed by atoms with van der Waals surface area (Å²) in [6.07, 6.45) is 0. The molecule has 2 heteroatoms. The Balaban J connectivity index is 1.12. The minimum Gasteiger partial charge on any atom is -0.310 e. The predicted molar refractivity (Wildman–Crippen MR) is 280 cm³/mol. The summed E-state index contributed by atoms with van der Waals surface area (Å²) in [6.45, 7) is 0. The van der Waals surface area contributed by atoms with Gasteiger partial charge < -0.3 is 9.47 Å². The van der Waals surface area contributed by atoms with Crippen LogP contribution < -0.4 is 4.90 Å². The molecule has 0 amide bonds. The van der Waals surface area contributed by atoms with Crippen LogP contribution in [0.4, 0.5) is 17.1 Å². The number of hydrogen-bond acceptors (Lipinski definition) is 1. The number of aromatic nitrogens is 1. The molecule has 0 spiro atoms. The van der Waals surface area contributed by atoms with Crippen molar-refractivity contribution in [2.45, 2.75) is 0 Å². The Hall–Kier alpha value is -8.72. The molecule has 310 valence electrons. The van der Waals surface area contributed by atoms with Crippen LogP contribution in [0.25, 0.3) is 93.9 Å². The minimum absolute atomic E-state index is 1.07. The van der Waals surface area contributed by atoms with Crippen molar-refractivity contribution in [3.05, 3.63) is 267 Å². The number of nitrogens with zero attached hydrogens (tertiary/aromatic N) is 2. The van der Waals surface area contributed by atoms with Crippen molar-refractivity contribution in [2.24, 2.45) is 0 Å². The minimum atomic E-state index is 1.07. The third-order valence-electron chi connectivity index (χ3n) is 13.0. The Bertz CT molecular complexity index is 3600. The number of rotatable bonds is 9. The molecule has 0 saturated carbocycles. The fraction of sp³-hybridized carbons (Fsp3) is 0. The van der Waals surface area contributed by atoms with Crippen molar-refractivity contribution in [1.29, 1.82) is 0 Å². The van der Waals surface area contributed by atoms with Crippen LogP contribution in [0, 0.1) is 0 Å². The van der Waals surface area contributed by atoms with Crippen molar-refractivity contribution in [2.75, 3.05) is 4.90 Å². The maximum atomic E-state index is 2.46. The first-order valence-corrected chi connectivity index (χ1v) is 22.7. The van der Waals surface area contributed by atoms with Gasteiger partial charge >= 0.3 is 0 Å². The maximum Gasteiger partial charge on any atom is 0.0562 e. The molecule has 11 aromatic carbocycles. The smallest absolute Gasteiger partial charge is 0.0562 e. The van der Waals surface area contributed by atoms with E-state index in [1.165, 1.54) is 77.1 Å². The standard InChI is InChI=1S/C64H44N2/c1-6-20-45(21-7-1)54-32-18-33-55(46-22-8-2-9-23-46)62(54)50-36-39-52(40-37-50)65(60-43-38-48-26-16-17-31-56(48)63(60)49-27-12-4-13-28-49)53-41-42-58-61(44-53)66(51-29-14-5-15-30-51)59-35-19-34-57(64(58)59)47-24-10-3-11-25-47/h1-44H. The summed E-state index contributed by atoms with van der Waals surface area (Å²) in [6, 6.07) is 96.9. The molecule has 0 fully saturated rings. The van der Waals surface area contributed by atoms with E-state index in [2.05, 4.69) is 276 Å². The molecule has 1 heterocycles. The Morgan fingerprint density at radius 1 is 0.288 bits per heavy atom. The Morgan fingerprint density at radius 3 is 1.42 bits per heavy atom. The topological polar surface area (TPSA) is 8.17 Å². The van der Waals surface area contributed by atoms with E-state index in [1.54, 1.807) is 0 Å². The van der Waals surface area contributed by atoms with Gasteiger partial charge in [0.15, 0.2) is 0 Å². The zero-order valence-electron chi connectivity index (χ0n) is 36.3. The highest BCUT2D eigenvalue weighted by atomic mass is 15.1. The summed E-state index contributed by atoms with van der Waals surface area (Å²) >= 11 is 0. The van der Waals surface area contributed by atoms with Gasteiger partial charge in [-0.25, -0.2) is 0 Å². The number of benzene rings is 11. The van der Waals surface area contributed by atoms with Gasteiger partial charge in [0, 0.05) is 33.4 Å². The quantitative estimate of drug-likeness (QED) is 0.141. The fourth-order valence-electron chi connectivity index (χ4n) is 10.0. The zero-order valence-corrected chi connectivity index (χ0v) is 36.3. The molecule has 2 nitrogen and oxygen atoms in total. The summed E-state index contributed by atoms with van der Waals surface area (Å²) in [5.41, 5.74) is 18.6. The molecule has 12 aromatic rings. The molecule has 0 aliphatic carbocycles. The highest BCUT2D eigenvalue weighted by Gasteiger charge is 2.23. The van der Waals surface area contributed by atoms with E-state index in [0.717, 1.165) is 33.8 Å². The van der Waals surface area contributed by atoms with E-state index >= 15 is 0 Å². The first-order valence-electron chi connectivity index (χ1n) is 22.7. The lowest BCUT2D eigenvalue weighted by Gasteiger charge is -2.29. The van der Waals surface area contributed by atoms with Crippen LogP contribution in [0.2, 0.25) is 0 Å². The lowest BCUT2D eigenvalue weighted by atomic mass is 9.87. The van der Waals surface area contributed by atoms with E-state index < -0.39 is 0 Å². The summed E-state index contributed by atoms with van der Waals surface area (Å²) in [4.78, 5) is 2.46. The number of hydrogen-bond donors (Lipinski definition) is 0. The molecule has 0 bridgehead atoms. The number of anilines is 3. The monoisotopic (exact) mass is 840 g/mol. The van der Waals surface area contributed by atoms with E-state index in [9.17, 15) is 0 Å². The van der Waals surface area contributed by atoms with Gasteiger partial charge in [-0.3, -0.25) is 0 Å². The molecule has 0 unspecified atom stereocenters. The van der Waals surface area contributed by atoms with Gasteiger partial charge in [0.05, 0.1) is 16.7 Å². The molecule has 1 aromatic heterocycles. The molecule has 0 N–H and O–H groups in total. The van der Waals surface area contributed by atoms with Gasteiger partial charge in [-0.05, 0) is 109 Å². The highest BCUT2D eigenvalue weighted by Crippen LogP contribution is 2.48. The largest absolute Gasteiger partial charge is 0.310 e. The van der Waals surface area contributed by atoms with Crippen molar-refractivity contribution in [1.82, 2.24) is 4.57 Å². The summed E-state index contributed by atoms with van der Waals surface area (Å²) < 4.78 is 2.44. The molecule has 0 aliphatic rings. The second kappa shape index (κ2) is 16.8. The second-order valence-corrected chi connectivity index (χ2v) is 16.8. The SMILES string of the molecule is c1ccc(-c2cccc(-c3ccccc3)c2-c2ccc(N(c3ccc4c5c(-c6ccccc6)cccc5n(-c5ccccc5)c4c3)c3ccc4ccccc4c3-c3ccccc3)cc2)cc1. The predicted octanol–water partition coefficient (Wildman–Crippen LogP) is 17.7. The molecular weight excluding hydrogens is 797 g/mol. The molecule has 66 heavy (non-hydrogen) atoms. The molecule has 0 radical (unpaired) electrons. The third-order valence-corrected chi connectivity index (χ3v) is 13.0. The average molecular weight is 841 g/mol. The van der Waals surface area contributed by atoms with E-state index in [0.29, 0.717) is 0 Å². The zero-order chi connectivity index (χ0) is 43.8. The fourth-order valence-corrected chi connectivity index (χ4v) is 10.0. The Morgan fingerprint density at radius 2 is 0.788 bits per heavy atom. The maximum absolute atomic E-state index is 2.46. The summed E-state index contributed by atoms with van der Waals surface area (Å²) in [5, 5.41) is 4.86. The van der Waals surface area contributed by atoms with Gasteiger partial charge in [0.1, 0.15) is 0 Å². The van der Waals surface area contributed by atoms with E-state index in [-0.39, 0.29) is 0 Å². The van der Waals surface area contributed by atoms with Gasteiger partial charge in [-0.15, -0.1) is 0 Å². The molecule has 0 atom stereocenters. The van der Waals surface area contributed by atoms with Crippen LogP contribution >= 0.6 is 0 Å². The Labute approximate surface area is 385 Å². The molecular formula is C64H44N2. The van der Waals surface area contributed by atoms with Crippen LogP contribution in [0.15, 0.2) is 267 Å². The van der Waals surface area contributed by atoms with Crippen LogP contribution in [0.1, 0.15) is 0 Å². The van der Waals surface area contributed by atoms with Crippen molar-refractivity contribution in [3.63, 3.8) is 0 Å². The van der Waals surface area contributed by atoms with Gasteiger partial charge in [0.25, 0.3) is 0 Å². The summed E-state index contributed by atoms with van der Waals surface area (Å²) in [7, 11) is 0. The van der Waals surface area contributed by atoms with Crippen LogP contribution in [-0.2, 0) is 0 Å². The second-order valence-electron chi connectivity index (χ2n) is 16.8. The lowest BCUT2D eigenvalue weighted by molar-refractivity contribution is 1.18. The molecule has 0 aliphatic heterocycles. The van der Waals surface area contributed by atoms with Crippen LogP contribution in [-0.4, -0.2) is 4.57 Å². The van der Waals surface area contributed by atoms with Gasteiger partial charge in [0.2, 0.25) is 0 Å². The number of fused-ring (bicyclic) bond motifs is 4. The molecule has 0 saturated heterocycles. The van der Waals surface area contributed by atoms with E-state index in [1.807, 2.05) is 0 Å². The Kier molecular flexibility index (Phi) is 9.89. The first-order chi connectivity index (χ1) is 32.8. The third kappa shape index (κ3) is 6.84. The van der Waals surface area contributed by atoms with Crippen LogP contribution in [0.3, 0.4) is 0 Å². The van der Waals surface area contributed by atoms with Crippen LogP contribution in [0.5, 0.6) is 0 Å². The lowest BCUT2D eigenvalue weighted by Crippen LogP contribution is -2.11. The van der Waals surface area contributed by atoms with Gasteiger partial charge in [-0.2, -0.15) is 0 Å². The summed E-state index contributed by atoms with van der Waals surface area (Å²) in [5.74, 6) is 0. The normalized spacial score (nSPS) is 11.3. The highest BCUT2D eigenvalue weighted by molar-refractivity contribution is 6.17. The first kappa shape index (κ1) is 38.9.